The third-order valence-corrected chi connectivity index (χ3v) is 3.17. The summed E-state index contributed by atoms with van der Waals surface area (Å²) in [4.78, 5) is 22.0. The maximum absolute atomic E-state index is 11.6. The normalized spacial score (nSPS) is 11.7. The Balaban J connectivity index is 2.56. The van der Waals surface area contributed by atoms with Crippen LogP contribution in [0.2, 0.25) is 5.02 Å². The lowest BCUT2D eigenvalue weighted by Gasteiger charge is -2.13. The van der Waals surface area contributed by atoms with Gasteiger partial charge in [0.25, 0.3) is 0 Å². The molecule has 98 valence electrons. The lowest BCUT2D eigenvalue weighted by Crippen LogP contribution is -2.37. The molecule has 1 aromatic rings. The number of aliphatic carboxylic acids is 1. The van der Waals surface area contributed by atoms with Crippen LogP contribution in [0.25, 0.3) is 0 Å². The molecule has 0 fully saturated rings. The van der Waals surface area contributed by atoms with E-state index in [1.807, 2.05) is 0 Å². The van der Waals surface area contributed by atoms with Crippen LogP contribution in [0.5, 0.6) is 0 Å². The van der Waals surface area contributed by atoms with Gasteiger partial charge in [0.15, 0.2) is 0 Å². The van der Waals surface area contributed by atoms with Crippen LogP contribution in [0.3, 0.4) is 0 Å². The first kappa shape index (κ1) is 15.0. The highest BCUT2D eigenvalue weighted by Gasteiger charge is 2.11. The van der Waals surface area contributed by atoms with Gasteiger partial charge in [-0.3, -0.25) is 4.79 Å². The van der Waals surface area contributed by atoms with E-state index in [4.69, 9.17) is 16.7 Å². The standard InChI is InChI=1S/C11H12ClIN2O3/c1-6(4-10(16)17)14-11(18)15-9-3-2-7(12)5-8(9)13/h2-3,5-6H,4H2,1H3,(H,16,17)(H2,14,15,18). The predicted molar refractivity (Wildman–Crippen MR) is 78.0 cm³/mol. The topological polar surface area (TPSA) is 78.4 Å². The van der Waals surface area contributed by atoms with Gasteiger partial charge in [-0.25, -0.2) is 4.79 Å². The summed E-state index contributed by atoms with van der Waals surface area (Å²) in [5.74, 6) is -0.955. The molecule has 3 N–H and O–H groups in total. The lowest BCUT2D eigenvalue weighted by molar-refractivity contribution is -0.137. The van der Waals surface area contributed by atoms with Gasteiger partial charge in [-0.15, -0.1) is 0 Å². The van der Waals surface area contributed by atoms with E-state index in [0.29, 0.717) is 10.7 Å². The fourth-order valence-electron chi connectivity index (χ4n) is 1.29. The minimum Gasteiger partial charge on any atom is -0.481 e. The summed E-state index contributed by atoms with van der Waals surface area (Å²) in [7, 11) is 0. The van der Waals surface area contributed by atoms with E-state index in [2.05, 4.69) is 33.2 Å². The number of benzene rings is 1. The van der Waals surface area contributed by atoms with Crippen LogP contribution < -0.4 is 10.6 Å². The third-order valence-electron chi connectivity index (χ3n) is 2.04. The number of amides is 2. The second kappa shape index (κ2) is 6.79. The number of urea groups is 1. The van der Waals surface area contributed by atoms with Crippen LogP contribution in [-0.4, -0.2) is 23.1 Å². The van der Waals surface area contributed by atoms with Gasteiger partial charge in [0.2, 0.25) is 0 Å². The molecule has 0 aromatic heterocycles. The zero-order valence-electron chi connectivity index (χ0n) is 9.54. The molecule has 0 radical (unpaired) electrons. The molecule has 0 saturated carbocycles. The molecule has 0 spiro atoms. The Kier molecular flexibility index (Phi) is 5.67. The third kappa shape index (κ3) is 5.09. The van der Waals surface area contributed by atoms with Crippen molar-refractivity contribution in [3.05, 3.63) is 26.8 Å². The van der Waals surface area contributed by atoms with Crippen LogP contribution in [0.4, 0.5) is 10.5 Å². The van der Waals surface area contributed by atoms with Gasteiger partial charge in [-0.1, -0.05) is 11.6 Å². The zero-order valence-corrected chi connectivity index (χ0v) is 12.4. The van der Waals surface area contributed by atoms with Crippen molar-refractivity contribution in [1.29, 1.82) is 0 Å². The highest BCUT2D eigenvalue weighted by Crippen LogP contribution is 2.22. The van der Waals surface area contributed by atoms with Crippen molar-refractivity contribution < 1.29 is 14.7 Å². The molecule has 2 amide bonds. The SMILES string of the molecule is CC(CC(=O)O)NC(=O)Nc1ccc(Cl)cc1I. The van der Waals surface area contributed by atoms with Crippen molar-refractivity contribution in [2.24, 2.45) is 0 Å². The Morgan fingerprint density at radius 2 is 2.17 bits per heavy atom. The molecular weight excluding hydrogens is 370 g/mol. The van der Waals surface area contributed by atoms with E-state index >= 15 is 0 Å². The number of rotatable bonds is 4. The van der Waals surface area contributed by atoms with Gasteiger partial charge in [0, 0.05) is 14.6 Å². The molecule has 1 aromatic carbocycles. The quantitative estimate of drug-likeness (QED) is 0.701. The number of carbonyl (C=O) groups is 2. The monoisotopic (exact) mass is 382 g/mol. The summed E-state index contributed by atoms with van der Waals surface area (Å²) in [5.41, 5.74) is 0.625. The number of hydrogen-bond donors (Lipinski definition) is 3. The highest BCUT2D eigenvalue weighted by molar-refractivity contribution is 14.1. The fourth-order valence-corrected chi connectivity index (χ4v) is 2.29. The molecule has 1 rings (SSSR count). The number of anilines is 1. The van der Waals surface area contributed by atoms with Gasteiger partial charge in [-0.05, 0) is 47.7 Å². The largest absolute Gasteiger partial charge is 0.481 e. The average Bonchev–Trinajstić information content (AvgIpc) is 2.20. The summed E-state index contributed by atoms with van der Waals surface area (Å²) in [5, 5.41) is 14.3. The Morgan fingerprint density at radius 1 is 1.50 bits per heavy atom. The second-order valence-corrected chi connectivity index (χ2v) is 5.32. The van der Waals surface area contributed by atoms with Crippen molar-refractivity contribution in [2.75, 3.05) is 5.32 Å². The number of nitrogens with one attached hydrogen (secondary N) is 2. The van der Waals surface area contributed by atoms with E-state index in [1.165, 1.54) is 0 Å². The molecule has 0 bridgehead atoms. The van der Waals surface area contributed by atoms with Crippen LogP contribution in [0, 0.1) is 3.57 Å². The first-order chi connectivity index (χ1) is 8.38. The van der Waals surface area contributed by atoms with Crippen LogP contribution in [-0.2, 0) is 4.79 Å². The molecule has 0 aliphatic rings. The number of halogens is 2. The van der Waals surface area contributed by atoms with Gasteiger partial charge >= 0.3 is 12.0 Å². The zero-order chi connectivity index (χ0) is 13.7. The molecule has 1 atom stereocenters. The molecule has 7 heteroatoms. The van der Waals surface area contributed by atoms with E-state index in [-0.39, 0.29) is 6.42 Å². The Morgan fingerprint density at radius 3 is 2.72 bits per heavy atom. The molecule has 0 aliphatic carbocycles. The average molecular weight is 383 g/mol. The minimum atomic E-state index is -0.955. The van der Waals surface area contributed by atoms with E-state index in [1.54, 1.807) is 25.1 Å². The number of hydrogen-bond acceptors (Lipinski definition) is 2. The molecule has 0 saturated heterocycles. The number of carbonyl (C=O) groups excluding carboxylic acids is 1. The minimum absolute atomic E-state index is 0.120. The van der Waals surface area contributed by atoms with Crippen LogP contribution >= 0.6 is 34.2 Å². The first-order valence-electron chi connectivity index (χ1n) is 5.13. The van der Waals surface area contributed by atoms with Crippen molar-refractivity contribution in [3.8, 4) is 0 Å². The Labute approximate surface area is 123 Å². The van der Waals surface area contributed by atoms with Crippen LogP contribution in [0.15, 0.2) is 18.2 Å². The molecule has 0 heterocycles. The fraction of sp³-hybridized carbons (Fsp3) is 0.273. The molecule has 0 aliphatic heterocycles. The van der Waals surface area contributed by atoms with Crippen molar-refractivity contribution in [2.45, 2.75) is 19.4 Å². The van der Waals surface area contributed by atoms with Gasteiger partial charge in [-0.2, -0.15) is 0 Å². The predicted octanol–water partition coefficient (Wildman–Crippen LogP) is 2.93. The maximum atomic E-state index is 11.6. The smallest absolute Gasteiger partial charge is 0.319 e. The van der Waals surface area contributed by atoms with Crippen molar-refractivity contribution >= 4 is 51.9 Å². The van der Waals surface area contributed by atoms with Gasteiger partial charge < -0.3 is 15.7 Å². The summed E-state index contributed by atoms with van der Waals surface area (Å²) in [6.45, 7) is 1.63. The summed E-state index contributed by atoms with van der Waals surface area (Å²) < 4.78 is 0.807. The Bertz CT molecular complexity index is 468. The van der Waals surface area contributed by atoms with E-state index in [0.717, 1.165) is 3.57 Å². The second-order valence-electron chi connectivity index (χ2n) is 3.72. The summed E-state index contributed by atoms with van der Waals surface area (Å²) in [6.07, 6.45) is -0.120. The highest BCUT2D eigenvalue weighted by atomic mass is 127. The van der Waals surface area contributed by atoms with Gasteiger partial charge in [0.05, 0.1) is 12.1 Å². The maximum Gasteiger partial charge on any atom is 0.319 e. The van der Waals surface area contributed by atoms with E-state index < -0.39 is 18.0 Å². The summed E-state index contributed by atoms with van der Waals surface area (Å²) >= 11 is 7.85. The van der Waals surface area contributed by atoms with Crippen molar-refractivity contribution in [3.63, 3.8) is 0 Å². The van der Waals surface area contributed by atoms with Crippen LogP contribution in [0.1, 0.15) is 13.3 Å². The Hall–Kier alpha value is -1.02. The first-order valence-corrected chi connectivity index (χ1v) is 6.58. The number of carboxylic acids is 1. The number of carboxylic acid groups (broad SMARTS) is 1. The summed E-state index contributed by atoms with van der Waals surface area (Å²) in [6, 6.07) is 4.20. The molecule has 5 nitrogen and oxygen atoms in total. The van der Waals surface area contributed by atoms with E-state index in [9.17, 15) is 9.59 Å². The van der Waals surface area contributed by atoms with Gasteiger partial charge in [0.1, 0.15) is 0 Å². The molecular formula is C11H12ClIN2O3. The van der Waals surface area contributed by atoms with Crippen molar-refractivity contribution in [1.82, 2.24) is 5.32 Å². The lowest BCUT2D eigenvalue weighted by atomic mass is 10.2. The molecule has 18 heavy (non-hydrogen) atoms. The molecule has 1 unspecified atom stereocenters.